The van der Waals surface area contributed by atoms with E-state index >= 15 is 0 Å². The lowest BCUT2D eigenvalue weighted by molar-refractivity contribution is 0.167. The molecule has 0 aromatic carbocycles. The lowest BCUT2D eigenvalue weighted by Gasteiger charge is -2.36. The second kappa shape index (κ2) is 7.54. The molecule has 0 aliphatic carbocycles. The summed E-state index contributed by atoms with van der Waals surface area (Å²) in [6.07, 6.45) is 0.697. The highest BCUT2D eigenvalue weighted by molar-refractivity contribution is 7.86. The summed E-state index contributed by atoms with van der Waals surface area (Å²) in [6, 6.07) is 0. The van der Waals surface area contributed by atoms with E-state index in [-0.39, 0.29) is 0 Å². The van der Waals surface area contributed by atoms with E-state index in [2.05, 4.69) is 18.7 Å². The maximum atomic E-state index is 12.3. The average Bonchev–Trinajstić information content (AvgIpc) is 2.35. The van der Waals surface area contributed by atoms with Gasteiger partial charge in [0.05, 0.1) is 0 Å². The van der Waals surface area contributed by atoms with Gasteiger partial charge in [-0.2, -0.15) is 17.0 Å². The molecule has 1 saturated heterocycles. The summed E-state index contributed by atoms with van der Waals surface area (Å²) in [4.78, 5) is 2.33. The Balaban J connectivity index is 2.49. The van der Waals surface area contributed by atoms with Crippen molar-refractivity contribution < 1.29 is 8.42 Å². The predicted octanol–water partition coefficient (Wildman–Crippen LogP) is -0.215. The molecular weight excluding hydrogens is 264 g/mol. The molecule has 0 unspecified atom stereocenters. The van der Waals surface area contributed by atoms with E-state index in [0.717, 1.165) is 19.6 Å². The van der Waals surface area contributed by atoms with Crippen LogP contribution in [0.1, 0.15) is 20.3 Å². The van der Waals surface area contributed by atoms with Crippen LogP contribution in [0.5, 0.6) is 0 Å². The normalized spacial score (nSPS) is 19.5. The van der Waals surface area contributed by atoms with Gasteiger partial charge in [0, 0.05) is 46.3 Å². The minimum atomic E-state index is -3.30. The molecule has 1 heterocycles. The second-order valence-electron chi connectivity index (χ2n) is 5.57. The van der Waals surface area contributed by atoms with E-state index in [9.17, 15) is 8.42 Å². The Bertz CT molecular complexity index is 351. The summed E-state index contributed by atoms with van der Waals surface area (Å²) >= 11 is 0. The summed E-state index contributed by atoms with van der Waals surface area (Å²) < 4.78 is 27.6. The molecule has 0 amide bonds. The lowest BCUT2D eigenvalue weighted by Crippen LogP contribution is -2.52. The van der Waals surface area contributed by atoms with Crippen LogP contribution in [0.2, 0.25) is 0 Å². The van der Waals surface area contributed by atoms with Gasteiger partial charge in [-0.15, -0.1) is 0 Å². The van der Waals surface area contributed by atoms with Gasteiger partial charge in [0.2, 0.25) is 0 Å². The van der Waals surface area contributed by atoms with Crippen LogP contribution in [0.4, 0.5) is 0 Å². The Morgan fingerprint density at radius 3 is 2.26 bits per heavy atom. The molecule has 0 spiro atoms. The molecule has 1 aliphatic heterocycles. The minimum absolute atomic E-state index is 0.491. The first kappa shape index (κ1) is 16.8. The van der Waals surface area contributed by atoms with Crippen molar-refractivity contribution in [1.29, 1.82) is 0 Å². The summed E-state index contributed by atoms with van der Waals surface area (Å²) in [5.41, 5.74) is 5.42. The fourth-order valence-electron chi connectivity index (χ4n) is 2.29. The van der Waals surface area contributed by atoms with Crippen LogP contribution < -0.4 is 5.73 Å². The van der Waals surface area contributed by atoms with Crippen LogP contribution in [0.15, 0.2) is 0 Å². The Hall–Kier alpha value is -0.210. The largest absolute Gasteiger partial charge is 0.330 e. The number of rotatable bonds is 7. The number of hydrogen-bond acceptors (Lipinski definition) is 4. The zero-order valence-electron chi connectivity index (χ0n) is 12.4. The fourth-order valence-corrected chi connectivity index (χ4v) is 3.66. The number of piperazine rings is 1. The van der Waals surface area contributed by atoms with Gasteiger partial charge in [-0.3, -0.25) is 0 Å². The molecule has 2 N–H and O–H groups in total. The van der Waals surface area contributed by atoms with E-state index in [1.54, 1.807) is 11.4 Å². The molecule has 0 aromatic heterocycles. The first-order valence-electron chi connectivity index (χ1n) is 7.01. The fraction of sp³-hybridized carbons (Fsp3) is 1.00. The molecule has 0 saturated carbocycles. The van der Waals surface area contributed by atoms with Gasteiger partial charge >= 0.3 is 0 Å². The molecule has 0 atom stereocenters. The molecule has 19 heavy (non-hydrogen) atoms. The molecular formula is C12H28N4O2S. The van der Waals surface area contributed by atoms with Crippen molar-refractivity contribution in [3.63, 3.8) is 0 Å². The van der Waals surface area contributed by atoms with E-state index in [0.29, 0.717) is 38.5 Å². The third-order valence-corrected chi connectivity index (χ3v) is 5.34. The van der Waals surface area contributed by atoms with E-state index in [1.165, 1.54) is 4.31 Å². The first-order valence-corrected chi connectivity index (χ1v) is 8.41. The van der Waals surface area contributed by atoms with Gasteiger partial charge in [0.1, 0.15) is 0 Å². The zero-order valence-corrected chi connectivity index (χ0v) is 13.2. The molecule has 6 nitrogen and oxygen atoms in total. The molecule has 1 rings (SSSR count). The minimum Gasteiger partial charge on any atom is -0.330 e. The highest BCUT2D eigenvalue weighted by atomic mass is 32.2. The molecule has 0 bridgehead atoms. The van der Waals surface area contributed by atoms with Gasteiger partial charge in [-0.1, -0.05) is 13.8 Å². The molecule has 0 aromatic rings. The summed E-state index contributed by atoms with van der Waals surface area (Å²) in [7, 11) is -1.67. The maximum Gasteiger partial charge on any atom is 0.281 e. The van der Waals surface area contributed by atoms with E-state index in [1.807, 2.05) is 0 Å². The Morgan fingerprint density at radius 2 is 1.79 bits per heavy atom. The first-order chi connectivity index (χ1) is 8.87. The topological polar surface area (TPSA) is 69.9 Å². The highest BCUT2D eigenvalue weighted by Gasteiger charge is 2.29. The average molecular weight is 292 g/mol. The summed E-state index contributed by atoms with van der Waals surface area (Å²) in [5, 5.41) is 0. The van der Waals surface area contributed by atoms with Crippen molar-refractivity contribution in [2.75, 3.05) is 52.9 Å². The van der Waals surface area contributed by atoms with Crippen LogP contribution >= 0.6 is 0 Å². The quantitative estimate of drug-likeness (QED) is 0.705. The van der Waals surface area contributed by atoms with Crippen LogP contribution in [0.3, 0.4) is 0 Å². The monoisotopic (exact) mass is 292 g/mol. The van der Waals surface area contributed by atoms with E-state index in [4.69, 9.17) is 5.73 Å². The molecule has 0 radical (unpaired) electrons. The van der Waals surface area contributed by atoms with Gasteiger partial charge in [-0.05, 0) is 18.9 Å². The SMILES string of the molecule is CC(C)CN1CCN(S(=O)(=O)N(C)CCCN)CC1. The van der Waals surface area contributed by atoms with Crippen molar-refractivity contribution in [2.24, 2.45) is 11.7 Å². The Labute approximate surface area is 117 Å². The highest BCUT2D eigenvalue weighted by Crippen LogP contribution is 2.12. The molecule has 1 aliphatic rings. The van der Waals surface area contributed by atoms with Crippen LogP contribution in [0, 0.1) is 5.92 Å². The van der Waals surface area contributed by atoms with Gasteiger partial charge < -0.3 is 10.6 Å². The van der Waals surface area contributed by atoms with E-state index < -0.39 is 10.2 Å². The van der Waals surface area contributed by atoms with Crippen molar-refractivity contribution in [2.45, 2.75) is 20.3 Å². The van der Waals surface area contributed by atoms with Crippen molar-refractivity contribution in [1.82, 2.24) is 13.5 Å². The standard InChI is InChI=1S/C12H28N4O2S/c1-12(2)11-15-7-9-16(10-8-15)19(17,18)14(3)6-4-5-13/h12H,4-11,13H2,1-3H3. The Kier molecular flexibility index (Phi) is 6.68. The van der Waals surface area contributed by atoms with Crippen LogP contribution in [0.25, 0.3) is 0 Å². The summed E-state index contributed by atoms with van der Waals surface area (Å²) in [6.45, 7) is 9.23. The molecule has 1 fully saturated rings. The van der Waals surface area contributed by atoms with Crippen LogP contribution in [-0.4, -0.2) is 74.8 Å². The smallest absolute Gasteiger partial charge is 0.281 e. The van der Waals surface area contributed by atoms with Crippen LogP contribution in [-0.2, 0) is 10.2 Å². The Morgan fingerprint density at radius 1 is 1.21 bits per heavy atom. The van der Waals surface area contributed by atoms with Gasteiger partial charge in [-0.25, -0.2) is 0 Å². The maximum absolute atomic E-state index is 12.3. The third-order valence-electron chi connectivity index (χ3n) is 3.35. The second-order valence-corrected chi connectivity index (χ2v) is 7.60. The number of nitrogens with zero attached hydrogens (tertiary/aromatic N) is 3. The summed E-state index contributed by atoms with van der Waals surface area (Å²) in [5.74, 6) is 0.621. The van der Waals surface area contributed by atoms with Crippen molar-refractivity contribution >= 4 is 10.2 Å². The number of hydrogen-bond donors (Lipinski definition) is 1. The number of nitrogens with two attached hydrogens (primary N) is 1. The third kappa shape index (κ3) is 5.00. The molecule has 114 valence electrons. The van der Waals surface area contributed by atoms with Gasteiger partial charge in [0.25, 0.3) is 10.2 Å². The van der Waals surface area contributed by atoms with Gasteiger partial charge in [0.15, 0.2) is 0 Å². The zero-order chi connectivity index (χ0) is 14.5. The molecule has 7 heteroatoms. The predicted molar refractivity (Wildman–Crippen MR) is 78.1 cm³/mol. The van der Waals surface area contributed by atoms with Crippen molar-refractivity contribution in [3.05, 3.63) is 0 Å². The lowest BCUT2D eigenvalue weighted by atomic mass is 10.2. The van der Waals surface area contributed by atoms with Crippen molar-refractivity contribution in [3.8, 4) is 0 Å².